The Bertz CT molecular complexity index is 648. The molecule has 1 aromatic carbocycles. The van der Waals surface area contributed by atoms with Crippen molar-refractivity contribution in [2.45, 2.75) is 13.0 Å². The molecule has 0 bridgehead atoms. The van der Waals surface area contributed by atoms with Crippen molar-refractivity contribution in [2.75, 3.05) is 5.32 Å². The van der Waals surface area contributed by atoms with E-state index in [1.807, 2.05) is 13.0 Å². The third kappa shape index (κ3) is 3.29. The minimum absolute atomic E-state index is 0.466. The Kier molecular flexibility index (Phi) is 4.62. The number of hydrogen-bond donors (Lipinski definition) is 2. The number of nitrogens with one attached hydrogen (secondary N) is 1. The fourth-order valence-electron chi connectivity index (χ4n) is 1.83. The van der Waals surface area contributed by atoms with Gasteiger partial charge in [-0.3, -0.25) is 9.78 Å². The normalized spacial score (nSPS) is 11.9. The Morgan fingerprint density at radius 2 is 2.20 bits per heavy atom. The third-order valence-corrected chi connectivity index (χ3v) is 4.12. The molecular formula is C14H13BrClN3O. The number of nitrogens with two attached hydrogens (primary N) is 1. The number of aryl methyl sites for hydroxylation is 1. The predicted octanol–water partition coefficient (Wildman–Crippen LogP) is 3.44. The third-order valence-electron chi connectivity index (χ3n) is 2.91. The van der Waals surface area contributed by atoms with E-state index in [0.29, 0.717) is 5.02 Å². The Labute approximate surface area is 130 Å². The zero-order chi connectivity index (χ0) is 14.7. The van der Waals surface area contributed by atoms with Gasteiger partial charge in [0.15, 0.2) is 0 Å². The molecule has 0 aliphatic carbocycles. The second kappa shape index (κ2) is 6.24. The number of aromatic nitrogens is 1. The fraction of sp³-hybridized carbons (Fsp3) is 0.143. The van der Waals surface area contributed by atoms with Crippen LogP contribution >= 0.6 is 27.5 Å². The highest BCUT2D eigenvalue weighted by Crippen LogP contribution is 2.28. The number of anilines is 1. The largest absolute Gasteiger partial charge is 0.370 e. The molecule has 4 nitrogen and oxygen atoms in total. The molecule has 1 heterocycles. The molecule has 3 N–H and O–H groups in total. The van der Waals surface area contributed by atoms with Gasteiger partial charge in [-0.05, 0) is 52.7 Å². The zero-order valence-corrected chi connectivity index (χ0v) is 13.1. The molecule has 1 atom stereocenters. The molecule has 0 aliphatic rings. The van der Waals surface area contributed by atoms with Crippen molar-refractivity contribution in [3.05, 3.63) is 57.3 Å². The highest BCUT2D eigenvalue weighted by molar-refractivity contribution is 9.10. The van der Waals surface area contributed by atoms with Crippen LogP contribution in [0, 0.1) is 6.92 Å². The van der Waals surface area contributed by atoms with E-state index in [1.54, 1.807) is 30.6 Å². The summed E-state index contributed by atoms with van der Waals surface area (Å²) >= 11 is 9.29. The standard InChI is InChI=1S/C14H13BrClN3O/c1-8-4-5-18-7-10(8)13(14(17)20)19-9-2-3-12(16)11(15)6-9/h2-7,13,19H,1H3,(H2,17,20). The van der Waals surface area contributed by atoms with Crippen molar-refractivity contribution in [1.82, 2.24) is 4.98 Å². The van der Waals surface area contributed by atoms with E-state index in [9.17, 15) is 4.79 Å². The molecule has 6 heteroatoms. The van der Waals surface area contributed by atoms with Crippen LogP contribution in [-0.2, 0) is 4.79 Å². The monoisotopic (exact) mass is 353 g/mol. The Morgan fingerprint density at radius 1 is 1.45 bits per heavy atom. The van der Waals surface area contributed by atoms with Crippen molar-refractivity contribution in [3.8, 4) is 0 Å². The van der Waals surface area contributed by atoms with E-state index in [-0.39, 0.29) is 0 Å². The molecule has 0 saturated heterocycles. The lowest BCUT2D eigenvalue weighted by Crippen LogP contribution is -2.28. The lowest BCUT2D eigenvalue weighted by atomic mass is 10.0. The van der Waals surface area contributed by atoms with E-state index < -0.39 is 11.9 Å². The van der Waals surface area contributed by atoms with Crippen molar-refractivity contribution < 1.29 is 4.79 Å². The SMILES string of the molecule is Cc1ccncc1C(Nc1ccc(Cl)c(Br)c1)C(N)=O. The summed E-state index contributed by atoms with van der Waals surface area (Å²) in [5.74, 6) is -0.466. The summed E-state index contributed by atoms with van der Waals surface area (Å²) in [6.07, 6.45) is 3.32. The van der Waals surface area contributed by atoms with Gasteiger partial charge >= 0.3 is 0 Å². The van der Waals surface area contributed by atoms with Gasteiger partial charge in [-0.15, -0.1) is 0 Å². The van der Waals surface area contributed by atoms with Crippen LogP contribution in [0.2, 0.25) is 5.02 Å². The summed E-state index contributed by atoms with van der Waals surface area (Å²) in [6, 6.07) is 6.52. The summed E-state index contributed by atoms with van der Waals surface area (Å²) in [5, 5.41) is 3.70. The number of primary amides is 1. The molecule has 0 fully saturated rings. The summed E-state index contributed by atoms with van der Waals surface area (Å²) in [7, 11) is 0. The molecule has 104 valence electrons. The first-order valence-corrected chi connectivity index (χ1v) is 7.07. The van der Waals surface area contributed by atoms with Crippen molar-refractivity contribution in [1.29, 1.82) is 0 Å². The minimum Gasteiger partial charge on any atom is -0.370 e. The molecule has 1 amide bonds. The number of carbonyl (C=O) groups excluding carboxylic acids is 1. The van der Waals surface area contributed by atoms with E-state index in [4.69, 9.17) is 17.3 Å². The molecule has 20 heavy (non-hydrogen) atoms. The van der Waals surface area contributed by atoms with E-state index in [0.717, 1.165) is 21.3 Å². The fourth-order valence-corrected chi connectivity index (χ4v) is 2.33. The highest BCUT2D eigenvalue weighted by Gasteiger charge is 2.20. The quantitative estimate of drug-likeness (QED) is 0.883. The van der Waals surface area contributed by atoms with Crippen LogP contribution in [0.5, 0.6) is 0 Å². The van der Waals surface area contributed by atoms with Crippen molar-refractivity contribution >= 4 is 39.1 Å². The average molecular weight is 355 g/mol. The van der Waals surface area contributed by atoms with Gasteiger partial charge in [-0.2, -0.15) is 0 Å². The van der Waals surface area contributed by atoms with Gasteiger partial charge in [0.1, 0.15) is 6.04 Å². The molecule has 1 aromatic heterocycles. The first-order chi connectivity index (χ1) is 9.49. The zero-order valence-electron chi connectivity index (χ0n) is 10.7. The summed E-state index contributed by atoms with van der Waals surface area (Å²) in [6.45, 7) is 1.91. The smallest absolute Gasteiger partial charge is 0.244 e. The van der Waals surface area contributed by atoms with Crippen LogP contribution in [0.15, 0.2) is 41.1 Å². The predicted molar refractivity (Wildman–Crippen MR) is 83.7 cm³/mol. The number of nitrogens with zero attached hydrogens (tertiary/aromatic N) is 1. The summed E-state index contributed by atoms with van der Waals surface area (Å²) in [5.41, 5.74) is 7.93. The first kappa shape index (κ1) is 14.8. The average Bonchev–Trinajstić information content (AvgIpc) is 2.41. The minimum atomic E-state index is -0.642. The van der Waals surface area contributed by atoms with Crippen molar-refractivity contribution in [2.24, 2.45) is 5.73 Å². The van der Waals surface area contributed by atoms with Gasteiger partial charge in [-0.1, -0.05) is 11.6 Å². The maximum Gasteiger partial charge on any atom is 0.244 e. The highest BCUT2D eigenvalue weighted by atomic mass is 79.9. The van der Waals surface area contributed by atoms with Crippen LogP contribution in [0.25, 0.3) is 0 Å². The van der Waals surface area contributed by atoms with Gasteiger partial charge in [0.05, 0.1) is 5.02 Å². The number of benzene rings is 1. The number of rotatable bonds is 4. The second-order valence-electron chi connectivity index (χ2n) is 4.34. The molecule has 2 aromatic rings. The Balaban J connectivity index is 2.33. The number of carbonyl (C=O) groups is 1. The first-order valence-electron chi connectivity index (χ1n) is 5.90. The van der Waals surface area contributed by atoms with Gasteiger partial charge in [0, 0.05) is 28.1 Å². The Hall–Kier alpha value is -1.59. The number of amides is 1. The maximum atomic E-state index is 11.7. The van der Waals surface area contributed by atoms with Crippen LogP contribution in [0.1, 0.15) is 17.2 Å². The number of pyridine rings is 1. The van der Waals surface area contributed by atoms with E-state index in [2.05, 4.69) is 26.2 Å². The lowest BCUT2D eigenvalue weighted by molar-refractivity contribution is -0.118. The van der Waals surface area contributed by atoms with Gasteiger partial charge in [0.25, 0.3) is 0 Å². The molecule has 0 radical (unpaired) electrons. The van der Waals surface area contributed by atoms with Crippen LogP contribution < -0.4 is 11.1 Å². The van der Waals surface area contributed by atoms with Crippen molar-refractivity contribution in [3.63, 3.8) is 0 Å². The van der Waals surface area contributed by atoms with Crippen LogP contribution in [-0.4, -0.2) is 10.9 Å². The van der Waals surface area contributed by atoms with Gasteiger partial charge in [-0.25, -0.2) is 0 Å². The summed E-state index contributed by atoms with van der Waals surface area (Å²) < 4.78 is 0.746. The molecular weight excluding hydrogens is 342 g/mol. The number of hydrogen-bond acceptors (Lipinski definition) is 3. The van der Waals surface area contributed by atoms with Crippen LogP contribution in [0.3, 0.4) is 0 Å². The molecule has 0 aliphatic heterocycles. The molecule has 1 unspecified atom stereocenters. The topological polar surface area (TPSA) is 68.0 Å². The number of halogens is 2. The molecule has 2 rings (SSSR count). The maximum absolute atomic E-state index is 11.7. The van der Waals surface area contributed by atoms with Gasteiger partial charge < -0.3 is 11.1 Å². The Morgan fingerprint density at radius 3 is 2.80 bits per heavy atom. The van der Waals surface area contributed by atoms with E-state index >= 15 is 0 Å². The summed E-state index contributed by atoms with van der Waals surface area (Å²) in [4.78, 5) is 15.7. The lowest BCUT2D eigenvalue weighted by Gasteiger charge is -2.19. The van der Waals surface area contributed by atoms with E-state index in [1.165, 1.54) is 0 Å². The molecule has 0 saturated carbocycles. The second-order valence-corrected chi connectivity index (χ2v) is 5.60. The van der Waals surface area contributed by atoms with Gasteiger partial charge in [0.2, 0.25) is 5.91 Å². The van der Waals surface area contributed by atoms with Crippen LogP contribution in [0.4, 0.5) is 5.69 Å². The molecule has 0 spiro atoms.